The highest BCUT2D eigenvalue weighted by Crippen LogP contribution is 2.55. The van der Waals surface area contributed by atoms with Crippen molar-refractivity contribution in [1.82, 2.24) is 4.57 Å². The van der Waals surface area contributed by atoms with Gasteiger partial charge in [-0.05, 0) is 37.3 Å². The highest BCUT2D eigenvalue weighted by Gasteiger charge is 2.57. The molecule has 1 saturated heterocycles. The predicted octanol–water partition coefficient (Wildman–Crippen LogP) is 4.66. The summed E-state index contributed by atoms with van der Waals surface area (Å²) in [6.45, 7) is 1.72. The van der Waals surface area contributed by atoms with E-state index in [9.17, 15) is 19.2 Å². The van der Waals surface area contributed by atoms with Gasteiger partial charge in [-0.2, -0.15) is 0 Å². The normalized spacial score (nSPS) is 19.8. The van der Waals surface area contributed by atoms with Gasteiger partial charge in [0.2, 0.25) is 17.7 Å². The number of amides is 3. The molecule has 4 aromatic rings. The molecule has 2 aliphatic heterocycles. The van der Waals surface area contributed by atoms with E-state index in [1.54, 1.807) is 37.4 Å². The molecule has 10 heteroatoms. The highest BCUT2D eigenvalue weighted by atomic mass is 32.2. The van der Waals surface area contributed by atoms with E-state index in [-0.39, 0.29) is 29.1 Å². The zero-order chi connectivity index (χ0) is 28.0. The summed E-state index contributed by atoms with van der Waals surface area (Å²) in [7, 11) is 1.55. The number of hydrogen-bond donors (Lipinski definition) is 1. The van der Waals surface area contributed by atoms with E-state index in [1.165, 1.54) is 21.2 Å². The van der Waals surface area contributed by atoms with Crippen molar-refractivity contribution in [3.63, 3.8) is 0 Å². The number of rotatable bonds is 6. The highest BCUT2D eigenvalue weighted by molar-refractivity contribution is 8.00. The molecule has 2 aliphatic rings. The largest absolute Gasteiger partial charge is 0.496 e. The minimum atomic E-state index is -0.770. The lowest BCUT2D eigenvalue weighted by atomic mass is 9.82. The topological polar surface area (TPSA) is 97.7 Å². The first-order valence-corrected chi connectivity index (χ1v) is 14.4. The predicted molar refractivity (Wildman–Crippen MR) is 155 cm³/mol. The number of hydrogen-bond acceptors (Lipinski definition) is 7. The van der Waals surface area contributed by atoms with E-state index in [2.05, 4.69) is 5.32 Å². The number of thiazole rings is 1. The second kappa shape index (κ2) is 10.4. The fourth-order valence-electron chi connectivity index (χ4n) is 5.33. The minimum Gasteiger partial charge on any atom is -0.496 e. The van der Waals surface area contributed by atoms with Crippen molar-refractivity contribution in [2.45, 2.75) is 29.7 Å². The molecule has 3 heterocycles. The van der Waals surface area contributed by atoms with Gasteiger partial charge in [0.1, 0.15) is 17.5 Å². The quantitative estimate of drug-likeness (QED) is 0.338. The van der Waals surface area contributed by atoms with Gasteiger partial charge in [0.05, 0.1) is 23.7 Å². The SMILES string of the molecule is COc1ccccc1[C@H]1c2sc(=O)n(CC(=O)Nc3ccccc3)c2SC2C(=O)N(c3ccc(C)cc3)C(=O)C21. The van der Waals surface area contributed by atoms with Crippen molar-refractivity contribution in [2.75, 3.05) is 17.3 Å². The molecular weight excluding hydrogens is 546 g/mol. The molecule has 0 bridgehead atoms. The number of fused-ring (bicyclic) bond motifs is 2. The molecule has 40 heavy (non-hydrogen) atoms. The smallest absolute Gasteiger partial charge is 0.308 e. The number of thioether (sulfide) groups is 1. The number of carbonyl (C=O) groups is 3. The van der Waals surface area contributed by atoms with Crippen LogP contribution in [0.5, 0.6) is 5.75 Å². The first-order valence-electron chi connectivity index (χ1n) is 12.7. The Labute approximate surface area is 238 Å². The van der Waals surface area contributed by atoms with E-state index >= 15 is 0 Å². The number of para-hydroxylation sites is 2. The first kappa shape index (κ1) is 26.1. The Morgan fingerprint density at radius 1 is 0.925 bits per heavy atom. The first-order chi connectivity index (χ1) is 19.4. The maximum atomic E-state index is 14.0. The summed E-state index contributed by atoms with van der Waals surface area (Å²) < 4.78 is 7.07. The van der Waals surface area contributed by atoms with Crippen LogP contribution in [0.4, 0.5) is 11.4 Å². The van der Waals surface area contributed by atoms with Crippen LogP contribution in [0.25, 0.3) is 0 Å². The molecule has 3 aromatic carbocycles. The fourth-order valence-corrected chi connectivity index (χ4v) is 8.09. The number of aromatic nitrogens is 1. The van der Waals surface area contributed by atoms with Crippen molar-refractivity contribution in [3.05, 3.63) is 105 Å². The van der Waals surface area contributed by atoms with Crippen molar-refractivity contribution in [1.29, 1.82) is 0 Å². The van der Waals surface area contributed by atoms with Gasteiger partial charge in [-0.15, -0.1) is 0 Å². The van der Waals surface area contributed by atoms with Crippen LogP contribution in [0.3, 0.4) is 0 Å². The number of imide groups is 1. The number of aryl methyl sites for hydroxylation is 1. The van der Waals surface area contributed by atoms with Gasteiger partial charge in [-0.25, -0.2) is 4.90 Å². The lowest BCUT2D eigenvalue weighted by molar-refractivity contribution is -0.122. The Kier molecular flexibility index (Phi) is 6.81. The second-order valence-corrected chi connectivity index (χ2v) is 11.8. The Morgan fingerprint density at radius 3 is 2.35 bits per heavy atom. The number of benzene rings is 3. The maximum Gasteiger partial charge on any atom is 0.308 e. The lowest BCUT2D eigenvalue weighted by Gasteiger charge is -2.31. The molecule has 8 nitrogen and oxygen atoms in total. The van der Waals surface area contributed by atoms with Crippen molar-refractivity contribution >= 4 is 52.2 Å². The van der Waals surface area contributed by atoms with Crippen molar-refractivity contribution < 1.29 is 19.1 Å². The summed E-state index contributed by atoms with van der Waals surface area (Å²) in [4.78, 5) is 55.7. The number of ether oxygens (including phenoxy) is 1. The van der Waals surface area contributed by atoms with Crippen LogP contribution < -0.4 is 19.8 Å². The molecule has 202 valence electrons. The molecule has 0 aliphatic carbocycles. The third-order valence-electron chi connectivity index (χ3n) is 7.17. The summed E-state index contributed by atoms with van der Waals surface area (Å²) in [5.74, 6) is -1.80. The minimum absolute atomic E-state index is 0.216. The summed E-state index contributed by atoms with van der Waals surface area (Å²) in [5.41, 5.74) is 2.86. The molecule has 0 saturated carbocycles. The maximum absolute atomic E-state index is 14.0. The Bertz CT molecular complexity index is 1680. The molecule has 3 amide bonds. The molecule has 3 atom stereocenters. The average molecular weight is 572 g/mol. The number of nitrogens with zero attached hydrogens (tertiary/aromatic N) is 2. The van der Waals surface area contributed by atoms with Crippen LogP contribution in [0.2, 0.25) is 0 Å². The zero-order valence-corrected chi connectivity index (χ0v) is 23.3. The molecule has 0 spiro atoms. The van der Waals surface area contributed by atoms with E-state index in [0.717, 1.165) is 22.5 Å². The fraction of sp³-hybridized carbons (Fsp3) is 0.200. The van der Waals surface area contributed by atoms with Crippen LogP contribution in [0, 0.1) is 12.8 Å². The molecule has 1 fully saturated rings. The number of methoxy groups -OCH3 is 1. The zero-order valence-electron chi connectivity index (χ0n) is 21.7. The van der Waals surface area contributed by atoms with Crippen LogP contribution in [0.15, 0.2) is 88.7 Å². The van der Waals surface area contributed by atoms with Gasteiger partial charge in [-0.3, -0.25) is 23.7 Å². The van der Waals surface area contributed by atoms with Crippen LogP contribution in [-0.4, -0.2) is 34.6 Å². The monoisotopic (exact) mass is 571 g/mol. The second-order valence-electron chi connectivity index (χ2n) is 9.67. The van der Waals surface area contributed by atoms with Crippen LogP contribution >= 0.6 is 23.1 Å². The summed E-state index contributed by atoms with van der Waals surface area (Å²) >= 11 is 2.20. The summed E-state index contributed by atoms with van der Waals surface area (Å²) in [6.07, 6.45) is 0. The standard InChI is InChI=1S/C30H25N3O5S2/c1-17-12-14-19(15-13-17)33-27(35)24-23(20-10-6-7-11-21(20)38-2)26-29(39-25(24)28(33)36)32(30(37)40-26)16-22(34)31-18-8-4-3-5-9-18/h3-15,23-25H,16H2,1-2H3,(H,31,34)/t23-,24?,25?/m1/s1. The van der Waals surface area contributed by atoms with Gasteiger partial charge in [0.15, 0.2) is 0 Å². The lowest BCUT2D eigenvalue weighted by Crippen LogP contribution is -2.33. The number of nitrogens with one attached hydrogen (secondary N) is 1. The van der Waals surface area contributed by atoms with E-state index in [4.69, 9.17) is 4.74 Å². The Balaban J connectivity index is 1.44. The van der Waals surface area contributed by atoms with Gasteiger partial charge in [0.25, 0.3) is 0 Å². The van der Waals surface area contributed by atoms with E-state index in [1.807, 2.05) is 55.5 Å². The summed E-state index contributed by atoms with van der Waals surface area (Å²) in [6, 6.07) is 23.6. The summed E-state index contributed by atoms with van der Waals surface area (Å²) in [5, 5.41) is 2.58. The van der Waals surface area contributed by atoms with Gasteiger partial charge in [-0.1, -0.05) is 77.2 Å². The Morgan fingerprint density at radius 2 is 1.62 bits per heavy atom. The third-order valence-corrected chi connectivity index (χ3v) is 9.78. The van der Waals surface area contributed by atoms with Crippen molar-refractivity contribution in [2.24, 2.45) is 5.92 Å². The molecule has 0 radical (unpaired) electrons. The van der Waals surface area contributed by atoms with Crippen LogP contribution in [-0.2, 0) is 20.9 Å². The molecule has 1 aromatic heterocycles. The van der Waals surface area contributed by atoms with Gasteiger partial charge in [0, 0.05) is 22.0 Å². The number of carbonyl (C=O) groups excluding carboxylic acids is 3. The average Bonchev–Trinajstić information content (AvgIpc) is 3.40. The third kappa shape index (κ3) is 4.43. The molecule has 6 rings (SSSR count). The van der Waals surface area contributed by atoms with Gasteiger partial charge >= 0.3 is 4.87 Å². The van der Waals surface area contributed by atoms with Crippen LogP contribution in [0.1, 0.15) is 21.9 Å². The molecular formula is C30H25N3O5S2. The number of anilines is 2. The van der Waals surface area contributed by atoms with E-state index < -0.39 is 17.1 Å². The molecule has 2 unspecified atom stereocenters. The van der Waals surface area contributed by atoms with Gasteiger partial charge < -0.3 is 10.1 Å². The van der Waals surface area contributed by atoms with Crippen molar-refractivity contribution in [3.8, 4) is 5.75 Å². The van der Waals surface area contributed by atoms with E-state index in [0.29, 0.717) is 27.0 Å². The Hall–Kier alpha value is -4.15. The molecule has 1 N–H and O–H groups in total.